The second-order valence-electron chi connectivity index (χ2n) is 7.13. The van der Waals surface area contributed by atoms with Crippen LogP contribution in [0.1, 0.15) is 15.9 Å². The first-order valence-corrected chi connectivity index (χ1v) is 9.50. The van der Waals surface area contributed by atoms with E-state index in [0.717, 1.165) is 48.1 Å². The molecule has 1 saturated heterocycles. The van der Waals surface area contributed by atoms with E-state index in [4.69, 9.17) is 0 Å². The molecule has 1 heterocycles. The van der Waals surface area contributed by atoms with Crippen LogP contribution in [-0.2, 0) is 6.54 Å². The van der Waals surface area contributed by atoms with Gasteiger partial charge in [-0.15, -0.1) is 0 Å². The van der Waals surface area contributed by atoms with Crippen molar-refractivity contribution < 1.29 is 4.79 Å². The van der Waals surface area contributed by atoms with E-state index < -0.39 is 0 Å². The molecule has 0 aromatic heterocycles. The van der Waals surface area contributed by atoms with Gasteiger partial charge in [0.25, 0.3) is 5.91 Å². The molecular formula is C23H25N3O. The summed E-state index contributed by atoms with van der Waals surface area (Å²) in [5.41, 5.74) is 3.12. The lowest BCUT2D eigenvalue weighted by Gasteiger charge is -2.35. The van der Waals surface area contributed by atoms with Crippen LogP contribution in [0, 0.1) is 0 Å². The van der Waals surface area contributed by atoms with Gasteiger partial charge in [0.15, 0.2) is 0 Å². The number of fused-ring (bicyclic) bond motifs is 1. The number of carbonyl (C=O) groups excluding carboxylic acids is 1. The third-order valence-corrected chi connectivity index (χ3v) is 5.31. The van der Waals surface area contributed by atoms with Crippen LogP contribution in [-0.4, -0.2) is 44.0 Å². The Morgan fingerprint density at radius 1 is 0.889 bits per heavy atom. The molecule has 1 aliphatic rings. The molecule has 0 unspecified atom stereocenters. The molecule has 1 aliphatic heterocycles. The lowest BCUT2D eigenvalue weighted by molar-refractivity contribution is 0.0952. The molecule has 3 aromatic carbocycles. The number of piperazine rings is 1. The van der Waals surface area contributed by atoms with Crippen molar-refractivity contribution in [3.05, 3.63) is 77.9 Å². The van der Waals surface area contributed by atoms with Gasteiger partial charge in [0.1, 0.15) is 0 Å². The van der Waals surface area contributed by atoms with Gasteiger partial charge >= 0.3 is 0 Å². The average molecular weight is 359 g/mol. The molecule has 1 fully saturated rings. The molecule has 138 valence electrons. The molecule has 4 rings (SSSR count). The van der Waals surface area contributed by atoms with Crippen molar-refractivity contribution in [1.29, 1.82) is 0 Å². The fourth-order valence-corrected chi connectivity index (χ4v) is 3.71. The first-order valence-electron chi connectivity index (χ1n) is 9.50. The van der Waals surface area contributed by atoms with Gasteiger partial charge in [-0.2, -0.15) is 0 Å². The van der Waals surface area contributed by atoms with Crippen molar-refractivity contribution in [1.82, 2.24) is 10.2 Å². The number of anilines is 1. The van der Waals surface area contributed by atoms with E-state index in [1.807, 2.05) is 48.5 Å². The Kier molecular flexibility index (Phi) is 5.07. The van der Waals surface area contributed by atoms with Crippen molar-refractivity contribution in [3.63, 3.8) is 0 Å². The number of nitrogens with one attached hydrogen (secondary N) is 1. The van der Waals surface area contributed by atoms with E-state index >= 15 is 0 Å². The van der Waals surface area contributed by atoms with Crippen LogP contribution >= 0.6 is 0 Å². The van der Waals surface area contributed by atoms with E-state index in [9.17, 15) is 4.79 Å². The van der Waals surface area contributed by atoms with Crippen molar-refractivity contribution in [3.8, 4) is 0 Å². The number of likely N-dealkylation sites (N-methyl/N-ethyl adjacent to an activating group) is 1. The number of rotatable bonds is 4. The third-order valence-electron chi connectivity index (χ3n) is 5.31. The minimum Gasteiger partial charge on any atom is -0.369 e. The quantitative estimate of drug-likeness (QED) is 0.774. The van der Waals surface area contributed by atoms with Gasteiger partial charge in [-0.1, -0.05) is 54.6 Å². The summed E-state index contributed by atoms with van der Waals surface area (Å²) in [5, 5.41) is 5.20. The molecule has 0 bridgehead atoms. The van der Waals surface area contributed by atoms with E-state index in [1.165, 1.54) is 5.69 Å². The molecule has 3 aromatic rings. The van der Waals surface area contributed by atoms with Crippen molar-refractivity contribution in [2.75, 3.05) is 38.1 Å². The summed E-state index contributed by atoms with van der Waals surface area (Å²) < 4.78 is 0. The standard InChI is InChI=1S/C23H25N3O/c1-25-13-15-26(16-14-25)22-12-5-3-8-19(22)17-24-23(27)21-11-6-9-18-7-2-4-10-20(18)21/h2-12H,13-17H2,1H3,(H,24,27). The Morgan fingerprint density at radius 2 is 1.59 bits per heavy atom. The molecule has 4 heteroatoms. The summed E-state index contributed by atoms with van der Waals surface area (Å²) in [7, 11) is 2.16. The summed E-state index contributed by atoms with van der Waals surface area (Å²) in [6.45, 7) is 4.70. The number of hydrogen-bond acceptors (Lipinski definition) is 3. The molecule has 1 amide bonds. The monoisotopic (exact) mass is 359 g/mol. The van der Waals surface area contributed by atoms with E-state index in [1.54, 1.807) is 0 Å². The first kappa shape index (κ1) is 17.6. The van der Waals surface area contributed by atoms with Crippen molar-refractivity contribution in [2.45, 2.75) is 6.54 Å². The minimum absolute atomic E-state index is 0.0278. The predicted octanol–water partition coefficient (Wildman–Crippen LogP) is 3.52. The highest BCUT2D eigenvalue weighted by atomic mass is 16.1. The van der Waals surface area contributed by atoms with Crippen LogP contribution in [0.4, 0.5) is 5.69 Å². The van der Waals surface area contributed by atoms with Gasteiger partial charge in [0.2, 0.25) is 0 Å². The molecule has 1 N–H and O–H groups in total. The molecule has 0 spiro atoms. The summed E-state index contributed by atoms with van der Waals surface area (Å²) in [6.07, 6.45) is 0. The number of benzene rings is 3. The first-order chi connectivity index (χ1) is 13.2. The summed E-state index contributed by atoms with van der Waals surface area (Å²) >= 11 is 0. The van der Waals surface area contributed by atoms with Crippen LogP contribution in [0.2, 0.25) is 0 Å². The number of para-hydroxylation sites is 1. The Morgan fingerprint density at radius 3 is 2.44 bits per heavy atom. The second kappa shape index (κ2) is 7.80. The maximum absolute atomic E-state index is 12.8. The zero-order valence-electron chi connectivity index (χ0n) is 15.7. The SMILES string of the molecule is CN1CCN(c2ccccc2CNC(=O)c2cccc3ccccc23)CC1. The molecule has 0 saturated carbocycles. The third kappa shape index (κ3) is 3.81. The Balaban J connectivity index is 1.51. The zero-order valence-corrected chi connectivity index (χ0v) is 15.7. The van der Waals surface area contributed by atoms with Gasteiger partial charge in [-0.05, 0) is 35.5 Å². The number of carbonyl (C=O) groups is 1. The molecule has 0 radical (unpaired) electrons. The highest BCUT2D eigenvalue weighted by molar-refractivity contribution is 6.07. The van der Waals surface area contributed by atoms with Crippen LogP contribution in [0.25, 0.3) is 10.8 Å². The van der Waals surface area contributed by atoms with Crippen molar-refractivity contribution in [2.24, 2.45) is 0 Å². The van der Waals surface area contributed by atoms with Crippen molar-refractivity contribution >= 4 is 22.4 Å². The van der Waals surface area contributed by atoms with Gasteiger partial charge in [-0.3, -0.25) is 4.79 Å². The topological polar surface area (TPSA) is 35.6 Å². The van der Waals surface area contributed by atoms with Gasteiger partial charge in [0, 0.05) is 44.0 Å². The lowest BCUT2D eigenvalue weighted by Crippen LogP contribution is -2.45. The Hall–Kier alpha value is -2.85. The van der Waals surface area contributed by atoms with E-state index in [-0.39, 0.29) is 5.91 Å². The Bertz CT molecular complexity index is 940. The second-order valence-corrected chi connectivity index (χ2v) is 7.13. The highest BCUT2D eigenvalue weighted by Crippen LogP contribution is 2.22. The average Bonchev–Trinajstić information content (AvgIpc) is 2.72. The lowest BCUT2D eigenvalue weighted by atomic mass is 10.0. The van der Waals surface area contributed by atoms with Crippen LogP contribution in [0.3, 0.4) is 0 Å². The Labute approximate surface area is 160 Å². The number of nitrogens with zero attached hydrogens (tertiary/aromatic N) is 2. The van der Waals surface area contributed by atoms with Crippen LogP contribution in [0.15, 0.2) is 66.7 Å². The van der Waals surface area contributed by atoms with Crippen LogP contribution in [0.5, 0.6) is 0 Å². The van der Waals surface area contributed by atoms with Crippen LogP contribution < -0.4 is 10.2 Å². The maximum Gasteiger partial charge on any atom is 0.252 e. The maximum atomic E-state index is 12.8. The molecule has 0 aliphatic carbocycles. The number of hydrogen-bond donors (Lipinski definition) is 1. The fraction of sp³-hybridized carbons (Fsp3) is 0.261. The minimum atomic E-state index is -0.0278. The molecular weight excluding hydrogens is 334 g/mol. The highest BCUT2D eigenvalue weighted by Gasteiger charge is 2.17. The number of amides is 1. The van der Waals surface area contributed by atoms with E-state index in [0.29, 0.717) is 6.54 Å². The molecule has 0 atom stereocenters. The summed E-state index contributed by atoms with van der Waals surface area (Å²) in [4.78, 5) is 17.6. The zero-order chi connectivity index (χ0) is 18.6. The summed E-state index contributed by atoms with van der Waals surface area (Å²) in [5.74, 6) is -0.0278. The predicted molar refractivity (Wildman–Crippen MR) is 111 cm³/mol. The molecule has 27 heavy (non-hydrogen) atoms. The van der Waals surface area contributed by atoms with Gasteiger partial charge in [-0.25, -0.2) is 0 Å². The normalized spacial score (nSPS) is 15.1. The summed E-state index contributed by atoms with van der Waals surface area (Å²) in [6, 6.07) is 22.3. The molecule has 4 nitrogen and oxygen atoms in total. The van der Waals surface area contributed by atoms with Gasteiger partial charge in [0.05, 0.1) is 0 Å². The largest absolute Gasteiger partial charge is 0.369 e. The fourth-order valence-electron chi connectivity index (χ4n) is 3.71. The smallest absolute Gasteiger partial charge is 0.252 e. The van der Waals surface area contributed by atoms with Gasteiger partial charge < -0.3 is 15.1 Å². The van der Waals surface area contributed by atoms with E-state index in [2.05, 4.69) is 40.4 Å².